The van der Waals surface area contributed by atoms with E-state index in [-0.39, 0.29) is 49.1 Å². The summed E-state index contributed by atoms with van der Waals surface area (Å²) in [5.74, 6) is 0. The van der Waals surface area contributed by atoms with Gasteiger partial charge in [-0.25, -0.2) is 0 Å². The molecule has 4 aliphatic heterocycles. The van der Waals surface area contributed by atoms with Crippen LogP contribution in [0.2, 0.25) is 0 Å². The number of aliphatic hydroxyl groups is 2. The topological polar surface area (TPSA) is 133 Å². The summed E-state index contributed by atoms with van der Waals surface area (Å²) in [7, 11) is 4.86. The zero-order valence-corrected chi connectivity index (χ0v) is 25.0. The van der Waals surface area contributed by atoms with Crippen molar-refractivity contribution in [1.29, 1.82) is 0 Å². The lowest BCUT2D eigenvalue weighted by Crippen LogP contribution is -2.57. The predicted octanol–water partition coefficient (Wildman–Crippen LogP) is 1.51. The van der Waals surface area contributed by atoms with Crippen LogP contribution >= 0.6 is 0 Å². The maximum atomic E-state index is 11.0. The van der Waals surface area contributed by atoms with E-state index in [1.165, 1.54) is 0 Å². The van der Waals surface area contributed by atoms with Gasteiger partial charge in [0.15, 0.2) is 18.9 Å². The highest BCUT2D eigenvalue weighted by atomic mass is 16.7. The van der Waals surface area contributed by atoms with Crippen LogP contribution in [0.3, 0.4) is 0 Å². The molecule has 4 aliphatic rings. The van der Waals surface area contributed by atoms with E-state index in [4.69, 9.17) is 47.4 Å². The average Bonchev–Trinajstić information content (AvgIpc) is 2.90. The molecular weight excluding hydrogens is 528 g/mol. The van der Waals surface area contributed by atoms with E-state index >= 15 is 0 Å². The minimum atomic E-state index is -0.822. The number of hydrogen-bond acceptors (Lipinski definition) is 12. The summed E-state index contributed by atoms with van der Waals surface area (Å²) in [6.07, 6.45) is -5.12. The summed E-state index contributed by atoms with van der Waals surface area (Å²) in [6, 6.07) is 0. The second-order valence-electron chi connectivity index (χ2n) is 11.6. The van der Waals surface area contributed by atoms with Crippen molar-refractivity contribution in [3.05, 3.63) is 0 Å². The largest absolute Gasteiger partial charge is 0.390 e. The van der Waals surface area contributed by atoms with Crippen LogP contribution in [0.4, 0.5) is 0 Å². The first-order chi connectivity index (χ1) is 19.0. The van der Waals surface area contributed by atoms with E-state index in [1.54, 1.807) is 28.3 Å². The zero-order chi connectivity index (χ0) is 29.1. The molecule has 234 valence electrons. The summed E-state index contributed by atoms with van der Waals surface area (Å²) in [5.41, 5.74) is 0. The molecule has 0 aromatic heterocycles. The molecular formula is C28H50O12. The Kier molecular flexibility index (Phi) is 11.6. The summed E-state index contributed by atoms with van der Waals surface area (Å²) in [5, 5.41) is 21.3. The van der Waals surface area contributed by atoms with Crippen molar-refractivity contribution < 1.29 is 57.6 Å². The predicted molar refractivity (Wildman–Crippen MR) is 141 cm³/mol. The smallest absolute Gasteiger partial charge is 0.161 e. The van der Waals surface area contributed by atoms with Crippen molar-refractivity contribution in [3.8, 4) is 0 Å². The van der Waals surface area contributed by atoms with Gasteiger partial charge in [-0.2, -0.15) is 0 Å². The normalized spacial score (nSPS) is 50.5. The lowest BCUT2D eigenvalue weighted by Gasteiger charge is -2.46. The second kappa shape index (κ2) is 14.3. The molecule has 40 heavy (non-hydrogen) atoms. The molecule has 0 aromatic rings. The third-order valence-electron chi connectivity index (χ3n) is 8.59. The van der Waals surface area contributed by atoms with Gasteiger partial charge in [0.05, 0.1) is 54.9 Å². The highest BCUT2D eigenvalue weighted by Gasteiger charge is 2.46. The SMILES string of the molecule is CO[C@H]1C[C@H](O[C@H]2[C@H](O)C[C@H](O[C@H]3[C@@H](OC)C[C@H](C)O[C@@H]3C)O[C@@H]2C)O[C@H](C)[C@H]1O[C@H]1C[C@@H](OC)[C@H](O)[C@@H](C)O1. The zero-order valence-electron chi connectivity index (χ0n) is 25.0. The molecule has 16 atom stereocenters. The van der Waals surface area contributed by atoms with Gasteiger partial charge in [-0.1, -0.05) is 0 Å². The van der Waals surface area contributed by atoms with Gasteiger partial charge in [-0.05, 0) is 34.6 Å². The molecule has 0 unspecified atom stereocenters. The first-order valence-corrected chi connectivity index (χ1v) is 14.6. The molecule has 2 N–H and O–H groups in total. The molecule has 4 fully saturated rings. The van der Waals surface area contributed by atoms with E-state index < -0.39 is 55.5 Å². The summed E-state index contributed by atoms with van der Waals surface area (Å²) in [4.78, 5) is 0. The van der Waals surface area contributed by atoms with Crippen molar-refractivity contribution in [2.45, 2.75) is 159 Å². The Bertz CT molecular complexity index is 762. The maximum Gasteiger partial charge on any atom is 0.161 e. The van der Waals surface area contributed by atoms with Gasteiger partial charge in [0.2, 0.25) is 0 Å². The highest BCUT2D eigenvalue weighted by Crippen LogP contribution is 2.34. The molecule has 4 heterocycles. The van der Waals surface area contributed by atoms with Crippen LogP contribution in [0.25, 0.3) is 0 Å². The molecule has 0 radical (unpaired) electrons. The Morgan fingerprint density at radius 1 is 0.500 bits per heavy atom. The lowest BCUT2D eigenvalue weighted by molar-refractivity contribution is -0.341. The maximum absolute atomic E-state index is 11.0. The van der Waals surface area contributed by atoms with Crippen molar-refractivity contribution in [1.82, 2.24) is 0 Å². The molecule has 12 heteroatoms. The molecule has 0 saturated carbocycles. The first-order valence-electron chi connectivity index (χ1n) is 14.6. The van der Waals surface area contributed by atoms with Gasteiger partial charge in [-0.15, -0.1) is 0 Å². The summed E-state index contributed by atoms with van der Waals surface area (Å²) >= 11 is 0. The van der Waals surface area contributed by atoms with E-state index in [1.807, 2.05) is 27.7 Å². The lowest BCUT2D eigenvalue weighted by atomic mass is 9.98. The molecule has 0 bridgehead atoms. The van der Waals surface area contributed by atoms with Crippen LogP contribution in [0.1, 0.15) is 60.3 Å². The summed E-state index contributed by atoms with van der Waals surface area (Å²) < 4.78 is 59.8. The Morgan fingerprint density at radius 3 is 1.48 bits per heavy atom. The standard InChI is InChI=1S/C28H50O12/c1-13-9-20(32-7)27(16(4)34-13)39-22-10-18(29)26(15(3)36-22)38-24-12-21(33-8)28(17(5)37-24)40-23-11-19(31-6)25(30)14(2)35-23/h13-30H,9-12H2,1-8H3/t13-,14+,15+,16+,17+,18+,19+,20-,21-,22-,23-,24-,25+,26+,27+,28+/m0/s1. The number of aliphatic hydroxyl groups excluding tert-OH is 2. The molecule has 12 nitrogen and oxygen atoms in total. The Labute approximate surface area is 237 Å². The van der Waals surface area contributed by atoms with Gasteiger partial charge in [0, 0.05) is 47.0 Å². The third kappa shape index (κ3) is 7.53. The Morgan fingerprint density at radius 2 is 0.925 bits per heavy atom. The minimum absolute atomic E-state index is 0.0853. The Balaban J connectivity index is 1.31. The minimum Gasteiger partial charge on any atom is -0.390 e. The monoisotopic (exact) mass is 578 g/mol. The van der Waals surface area contributed by atoms with Crippen LogP contribution in [-0.4, -0.2) is 130 Å². The molecule has 4 rings (SSSR count). The Hall–Kier alpha value is -0.480. The van der Waals surface area contributed by atoms with Gasteiger partial charge < -0.3 is 57.6 Å². The van der Waals surface area contributed by atoms with Crippen LogP contribution in [-0.2, 0) is 47.4 Å². The average molecular weight is 579 g/mol. The molecule has 0 aliphatic carbocycles. The van der Waals surface area contributed by atoms with E-state index in [0.717, 1.165) is 6.42 Å². The number of hydrogen-bond donors (Lipinski definition) is 2. The fraction of sp³-hybridized carbons (Fsp3) is 1.00. The number of methoxy groups -OCH3 is 3. The van der Waals surface area contributed by atoms with Crippen molar-refractivity contribution >= 4 is 0 Å². The van der Waals surface area contributed by atoms with Crippen molar-refractivity contribution in [2.24, 2.45) is 0 Å². The highest BCUT2D eigenvalue weighted by molar-refractivity contribution is 4.90. The fourth-order valence-corrected chi connectivity index (χ4v) is 6.37. The summed E-state index contributed by atoms with van der Waals surface area (Å²) in [6.45, 7) is 9.52. The number of rotatable bonds is 9. The van der Waals surface area contributed by atoms with Crippen LogP contribution in [0, 0.1) is 0 Å². The van der Waals surface area contributed by atoms with E-state index in [9.17, 15) is 10.2 Å². The first kappa shape index (κ1) is 32.4. The molecule has 0 aromatic carbocycles. The molecule has 0 spiro atoms. The van der Waals surface area contributed by atoms with Crippen LogP contribution < -0.4 is 0 Å². The molecule has 4 saturated heterocycles. The van der Waals surface area contributed by atoms with Gasteiger partial charge >= 0.3 is 0 Å². The number of ether oxygens (including phenoxy) is 10. The quantitative estimate of drug-likeness (QED) is 0.411. The van der Waals surface area contributed by atoms with E-state index in [2.05, 4.69) is 0 Å². The van der Waals surface area contributed by atoms with Gasteiger partial charge in [-0.3, -0.25) is 0 Å². The van der Waals surface area contributed by atoms with Crippen LogP contribution in [0.5, 0.6) is 0 Å². The molecule has 0 amide bonds. The van der Waals surface area contributed by atoms with Crippen LogP contribution in [0.15, 0.2) is 0 Å². The fourth-order valence-electron chi connectivity index (χ4n) is 6.37. The van der Waals surface area contributed by atoms with Gasteiger partial charge in [0.1, 0.15) is 24.4 Å². The second-order valence-corrected chi connectivity index (χ2v) is 11.6. The van der Waals surface area contributed by atoms with Crippen molar-refractivity contribution in [2.75, 3.05) is 21.3 Å². The van der Waals surface area contributed by atoms with Crippen molar-refractivity contribution in [3.63, 3.8) is 0 Å². The van der Waals surface area contributed by atoms with Gasteiger partial charge in [0.25, 0.3) is 0 Å². The van der Waals surface area contributed by atoms with E-state index in [0.29, 0.717) is 12.8 Å². The third-order valence-corrected chi connectivity index (χ3v) is 8.59.